The van der Waals surface area contributed by atoms with E-state index in [-0.39, 0.29) is 25.7 Å². The van der Waals surface area contributed by atoms with E-state index in [0.29, 0.717) is 31.6 Å². The van der Waals surface area contributed by atoms with E-state index in [4.69, 9.17) is 37.0 Å². The van der Waals surface area contributed by atoms with Crippen molar-refractivity contribution in [1.82, 2.24) is 0 Å². The summed E-state index contributed by atoms with van der Waals surface area (Å²) in [5.41, 5.74) is 0. The Bertz CT molecular complexity index is 1750. The number of carbonyl (C=O) groups is 4. The van der Waals surface area contributed by atoms with Crippen molar-refractivity contribution in [2.75, 3.05) is 39.6 Å². The van der Waals surface area contributed by atoms with Crippen molar-refractivity contribution in [3.8, 4) is 0 Å². The van der Waals surface area contributed by atoms with Gasteiger partial charge in [-0.2, -0.15) is 0 Å². The molecular formula is C71H138O17P2. The molecule has 0 spiro atoms. The maximum absolute atomic E-state index is 13.0. The van der Waals surface area contributed by atoms with E-state index in [1.165, 1.54) is 173 Å². The summed E-state index contributed by atoms with van der Waals surface area (Å²) >= 11 is 0. The second-order valence-corrected chi connectivity index (χ2v) is 29.5. The zero-order chi connectivity index (χ0) is 66.5. The summed E-state index contributed by atoms with van der Waals surface area (Å²) in [5.74, 6) is -0.645. The molecule has 0 aliphatic rings. The molecule has 0 aromatic carbocycles. The van der Waals surface area contributed by atoms with Crippen molar-refractivity contribution in [1.29, 1.82) is 0 Å². The van der Waals surface area contributed by atoms with Gasteiger partial charge in [0.2, 0.25) is 0 Å². The van der Waals surface area contributed by atoms with E-state index in [1.54, 1.807) is 0 Å². The van der Waals surface area contributed by atoms with Crippen molar-refractivity contribution < 1.29 is 80.2 Å². The smallest absolute Gasteiger partial charge is 0.462 e. The van der Waals surface area contributed by atoms with Gasteiger partial charge in [0.25, 0.3) is 0 Å². The van der Waals surface area contributed by atoms with Crippen molar-refractivity contribution in [3.63, 3.8) is 0 Å². The van der Waals surface area contributed by atoms with Crippen LogP contribution in [-0.2, 0) is 65.4 Å². The molecule has 19 heteroatoms. The lowest BCUT2D eigenvalue weighted by molar-refractivity contribution is -0.161. The summed E-state index contributed by atoms with van der Waals surface area (Å²) < 4.78 is 68.3. The Morgan fingerprint density at radius 2 is 0.511 bits per heavy atom. The van der Waals surface area contributed by atoms with Crippen LogP contribution in [0.1, 0.15) is 363 Å². The van der Waals surface area contributed by atoms with Crippen molar-refractivity contribution in [2.24, 2.45) is 11.8 Å². The normalized spacial score (nSPS) is 14.1. The molecule has 0 saturated carbocycles. The Labute approximate surface area is 549 Å². The Morgan fingerprint density at radius 3 is 0.756 bits per heavy atom. The van der Waals surface area contributed by atoms with E-state index in [0.717, 1.165) is 102 Å². The highest BCUT2D eigenvalue weighted by Crippen LogP contribution is 2.45. The first-order valence-corrected chi connectivity index (χ1v) is 40.0. The molecule has 0 rings (SSSR count). The van der Waals surface area contributed by atoms with E-state index in [1.807, 2.05) is 0 Å². The minimum atomic E-state index is -4.95. The second kappa shape index (κ2) is 63.1. The first-order valence-electron chi connectivity index (χ1n) is 37.0. The number of hydrogen-bond acceptors (Lipinski definition) is 15. The Balaban J connectivity index is 5.25. The predicted molar refractivity (Wildman–Crippen MR) is 363 cm³/mol. The molecular weight excluding hydrogens is 1190 g/mol. The van der Waals surface area contributed by atoms with Crippen molar-refractivity contribution in [2.45, 2.75) is 381 Å². The fraction of sp³-hybridized carbons (Fsp3) is 0.944. The standard InChI is InChI=1S/C71H138O17P2/c1-7-9-11-13-15-17-19-20-21-22-26-31-37-44-50-56-71(76)87-66(59-81-68(73)53-47-41-35-29-27-23-25-28-33-39-45-51-63(3)4)61-85-89(77,78)83-57-65(72)58-84-90(79,80)86-62-67(60-82-69(74)54-48-42-38-32-34-40-46-52-64(5)6)88-70(75)55-49-43-36-30-24-18-16-14-12-10-8-2/h63-67,72H,7-62H2,1-6H3,(H,77,78)(H,79,80)/t65-,66-,67-/m1/s1. The quantitative estimate of drug-likeness (QED) is 0.0222. The zero-order valence-electron chi connectivity index (χ0n) is 58.4. The van der Waals surface area contributed by atoms with Gasteiger partial charge in [-0.3, -0.25) is 37.3 Å². The molecule has 3 N–H and O–H groups in total. The number of aliphatic hydroxyl groups is 1. The molecule has 0 aliphatic carbocycles. The number of hydrogen-bond donors (Lipinski definition) is 3. The van der Waals surface area contributed by atoms with Gasteiger partial charge in [-0.25, -0.2) is 9.13 Å². The molecule has 0 saturated heterocycles. The Morgan fingerprint density at radius 1 is 0.300 bits per heavy atom. The van der Waals surface area contributed by atoms with Gasteiger partial charge in [0, 0.05) is 25.7 Å². The van der Waals surface area contributed by atoms with E-state index < -0.39 is 97.5 Å². The maximum atomic E-state index is 13.0. The molecule has 0 aromatic heterocycles. The molecule has 0 aromatic rings. The summed E-state index contributed by atoms with van der Waals surface area (Å²) in [5, 5.41) is 10.6. The van der Waals surface area contributed by atoms with Gasteiger partial charge in [-0.05, 0) is 37.5 Å². The van der Waals surface area contributed by atoms with Crippen LogP contribution in [0.4, 0.5) is 0 Å². The Hall–Kier alpha value is -1.94. The third-order valence-corrected chi connectivity index (χ3v) is 18.4. The molecule has 2 unspecified atom stereocenters. The minimum Gasteiger partial charge on any atom is -0.462 e. The number of phosphoric ester groups is 2. The Kier molecular flexibility index (Phi) is 61.8. The predicted octanol–water partition coefficient (Wildman–Crippen LogP) is 20.4. The van der Waals surface area contributed by atoms with Crippen molar-refractivity contribution >= 4 is 39.5 Å². The van der Waals surface area contributed by atoms with Gasteiger partial charge in [-0.1, -0.05) is 311 Å². The number of phosphoric acid groups is 2. The van der Waals surface area contributed by atoms with E-state index in [9.17, 15) is 43.2 Å². The maximum Gasteiger partial charge on any atom is 0.472 e. The molecule has 0 heterocycles. The van der Waals surface area contributed by atoms with Crippen LogP contribution < -0.4 is 0 Å². The highest BCUT2D eigenvalue weighted by atomic mass is 31.2. The largest absolute Gasteiger partial charge is 0.472 e. The average molecular weight is 1330 g/mol. The number of carbonyl (C=O) groups excluding carboxylic acids is 4. The first kappa shape index (κ1) is 88.1. The van der Waals surface area contributed by atoms with Gasteiger partial charge < -0.3 is 33.8 Å². The molecule has 0 bridgehead atoms. The van der Waals surface area contributed by atoms with Gasteiger partial charge in [0.05, 0.1) is 26.4 Å². The zero-order valence-corrected chi connectivity index (χ0v) is 60.2. The lowest BCUT2D eigenvalue weighted by atomic mass is 10.0. The third kappa shape index (κ3) is 64.8. The van der Waals surface area contributed by atoms with Crippen LogP contribution in [0.3, 0.4) is 0 Å². The monoisotopic (exact) mass is 1320 g/mol. The molecule has 0 fully saturated rings. The number of rotatable bonds is 70. The number of unbranched alkanes of at least 4 members (excludes halogenated alkanes) is 40. The summed E-state index contributed by atoms with van der Waals surface area (Å²) in [4.78, 5) is 72.6. The fourth-order valence-electron chi connectivity index (χ4n) is 10.8. The van der Waals surface area contributed by atoms with Crippen LogP contribution in [0.5, 0.6) is 0 Å². The highest BCUT2D eigenvalue weighted by molar-refractivity contribution is 7.47. The van der Waals surface area contributed by atoms with Crippen LogP contribution in [0, 0.1) is 11.8 Å². The molecule has 90 heavy (non-hydrogen) atoms. The highest BCUT2D eigenvalue weighted by Gasteiger charge is 2.30. The first-order chi connectivity index (χ1) is 43.4. The lowest BCUT2D eigenvalue weighted by Gasteiger charge is -2.21. The molecule has 5 atom stereocenters. The fourth-order valence-corrected chi connectivity index (χ4v) is 12.3. The lowest BCUT2D eigenvalue weighted by Crippen LogP contribution is -2.30. The van der Waals surface area contributed by atoms with Gasteiger partial charge in [-0.15, -0.1) is 0 Å². The number of aliphatic hydroxyl groups excluding tert-OH is 1. The van der Waals surface area contributed by atoms with E-state index in [2.05, 4.69) is 41.5 Å². The van der Waals surface area contributed by atoms with Crippen LogP contribution >= 0.6 is 15.6 Å². The van der Waals surface area contributed by atoms with Crippen LogP contribution in [-0.4, -0.2) is 96.7 Å². The average Bonchev–Trinajstić information content (AvgIpc) is 3.70. The van der Waals surface area contributed by atoms with Crippen molar-refractivity contribution in [3.05, 3.63) is 0 Å². The molecule has 0 aliphatic heterocycles. The second-order valence-electron chi connectivity index (χ2n) is 26.6. The van der Waals surface area contributed by atoms with Crippen LogP contribution in [0.25, 0.3) is 0 Å². The van der Waals surface area contributed by atoms with Gasteiger partial charge in [0.15, 0.2) is 12.2 Å². The molecule has 0 amide bonds. The number of ether oxygens (including phenoxy) is 4. The summed E-state index contributed by atoms with van der Waals surface area (Å²) in [7, 11) is -9.90. The van der Waals surface area contributed by atoms with Crippen LogP contribution in [0.2, 0.25) is 0 Å². The van der Waals surface area contributed by atoms with Gasteiger partial charge >= 0.3 is 39.5 Å². The minimum absolute atomic E-state index is 0.106. The molecule has 534 valence electrons. The van der Waals surface area contributed by atoms with E-state index >= 15 is 0 Å². The topological polar surface area (TPSA) is 237 Å². The molecule has 0 radical (unpaired) electrons. The van der Waals surface area contributed by atoms with Gasteiger partial charge in [0.1, 0.15) is 19.3 Å². The SMILES string of the molecule is CCCCCCCCCCCCCCCCCC(=O)O[C@H](COC(=O)CCCCCCCCCCCCCC(C)C)COP(=O)(O)OC[C@@H](O)COP(=O)(O)OC[C@@H](COC(=O)CCCCCCCCCC(C)C)OC(=O)CCCCCCCCCCCCC. The summed E-state index contributed by atoms with van der Waals surface area (Å²) in [6.45, 7) is 9.51. The third-order valence-electron chi connectivity index (χ3n) is 16.5. The summed E-state index contributed by atoms with van der Waals surface area (Å²) in [6.07, 6.45) is 48.5. The summed E-state index contributed by atoms with van der Waals surface area (Å²) in [6, 6.07) is 0. The van der Waals surface area contributed by atoms with Crippen LogP contribution in [0.15, 0.2) is 0 Å². The number of esters is 4. The molecule has 17 nitrogen and oxygen atoms in total.